The highest BCUT2D eigenvalue weighted by atomic mass is 16.5. The first-order valence-corrected chi connectivity index (χ1v) is 3.46. The summed E-state index contributed by atoms with van der Waals surface area (Å²) in [5.41, 5.74) is -0.158. The van der Waals surface area contributed by atoms with Crippen LogP contribution >= 0.6 is 0 Å². The lowest BCUT2D eigenvalue weighted by molar-refractivity contribution is 0.00882. The summed E-state index contributed by atoms with van der Waals surface area (Å²) in [6.45, 7) is 5.88. The van der Waals surface area contributed by atoms with E-state index < -0.39 is 0 Å². The maximum absolute atomic E-state index is 8.49. The van der Waals surface area contributed by atoms with Crippen molar-refractivity contribution in [2.45, 2.75) is 32.8 Å². The highest BCUT2D eigenvalue weighted by Crippen LogP contribution is 2.18. The van der Waals surface area contributed by atoms with Crippen LogP contribution < -0.4 is 0 Å². The topological polar surface area (TPSA) is 33.0 Å². The van der Waals surface area contributed by atoms with Crippen LogP contribution in [0.4, 0.5) is 0 Å². The van der Waals surface area contributed by atoms with E-state index in [-0.39, 0.29) is 11.5 Å². The molecule has 0 heterocycles. The second-order valence-corrected chi connectivity index (χ2v) is 3.20. The third kappa shape index (κ3) is 3.47. The molecule has 0 aliphatic carbocycles. The van der Waals surface area contributed by atoms with Gasteiger partial charge in [-0.1, -0.05) is 0 Å². The van der Waals surface area contributed by atoms with Gasteiger partial charge in [-0.15, -0.1) is 0 Å². The Balaban J connectivity index is 3.79. The summed E-state index contributed by atoms with van der Waals surface area (Å²) >= 11 is 0. The zero-order valence-corrected chi connectivity index (χ0v) is 7.14. The van der Waals surface area contributed by atoms with E-state index in [0.29, 0.717) is 0 Å². The molecule has 0 aromatic heterocycles. The van der Waals surface area contributed by atoms with Crippen molar-refractivity contribution in [1.82, 2.24) is 0 Å². The van der Waals surface area contributed by atoms with Gasteiger partial charge in [-0.2, -0.15) is 5.26 Å². The van der Waals surface area contributed by atoms with Crippen molar-refractivity contribution in [2.24, 2.45) is 5.92 Å². The molecule has 0 bridgehead atoms. The molecule has 0 amide bonds. The van der Waals surface area contributed by atoms with E-state index in [9.17, 15) is 0 Å². The van der Waals surface area contributed by atoms with Gasteiger partial charge < -0.3 is 4.74 Å². The third-order valence-electron chi connectivity index (χ3n) is 1.57. The molecule has 2 nitrogen and oxygen atoms in total. The minimum Gasteiger partial charge on any atom is -0.379 e. The second kappa shape index (κ2) is 3.58. The number of ether oxygens (including phenoxy) is 1. The lowest BCUT2D eigenvalue weighted by Gasteiger charge is -2.23. The lowest BCUT2D eigenvalue weighted by atomic mass is 9.96. The van der Waals surface area contributed by atoms with Crippen molar-refractivity contribution < 1.29 is 4.74 Å². The van der Waals surface area contributed by atoms with E-state index in [0.717, 1.165) is 6.42 Å². The first kappa shape index (κ1) is 9.45. The largest absolute Gasteiger partial charge is 0.379 e. The van der Waals surface area contributed by atoms with Gasteiger partial charge in [0.1, 0.15) is 0 Å². The molecule has 0 aliphatic rings. The van der Waals surface area contributed by atoms with Gasteiger partial charge >= 0.3 is 0 Å². The molecule has 1 atom stereocenters. The van der Waals surface area contributed by atoms with Crippen LogP contribution in [-0.2, 0) is 4.74 Å². The van der Waals surface area contributed by atoms with Crippen molar-refractivity contribution in [2.75, 3.05) is 7.11 Å². The minimum atomic E-state index is -0.158. The molecule has 0 N–H and O–H groups in total. The Bertz CT molecular complexity index is 135. The highest BCUT2D eigenvalue weighted by Gasteiger charge is 2.19. The Hall–Kier alpha value is -0.550. The monoisotopic (exact) mass is 141 g/mol. The van der Waals surface area contributed by atoms with Crippen LogP contribution in [-0.4, -0.2) is 12.7 Å². The van der Waals surface area contributed by atoms with Crippen LogP contribution in [0.5, 0.6) is 0 Å². The molecule has 58 valence electrons. The van der Waals surface area contributed by atoms with Gasteiger partial charge in [-0.3, -0.25) is 0 Å². The van der Waals surface area contributed by atoms with E-state index >= 15 is 0 Å². The maximum Gasteiger partial charge on any atom is 0.0653 e. The molecule has 0 radical (unpaired) electrons. The molecule has 0 aromatic carbocycles. The minimum absolute atomic E-state index is 0.0787. The van der Waals surface area contributed by atoms with E-state index in [4.69, 9.17) is 10.00 Å². The fourth-order valence-electron chi connectivity index (χ4n) is 0.866. The van der Waals surface area contributed by atoms with Gasteiger partial charge in [-0.25, -0.2) is 0 Å². The number of rotatable bonds is 3. The van der Waals surface area contributed by atoms with Crippen molar-refractivity contribution in [3.8, 4) is 6.07 Å². The van der Waals surface area contributed by atoms with E-state index in [1.54, 1.807) is 7.11 Å². The molecule has 0 fully saturated rings. The van der Waals surface area contributed by atoms with E-state index in [2.05, 4.69) is 6.07 Å². The maximum atomic E-state index is 8.49. The molecule has 0 aromatic rings. The quantitative estimate of drug-likeness (QED) is 0.602. The molecule has 0 aliphatic heterocycles. The van der Waals surface area contributed by atoms with Gasteiger partial charge in [0.2, 0.25) is 0 Å². The Morgan fingerprint density at radius 2 is 2.10 bits per heavy atom. The standard InChI is InChI=1S/C8H15NO/c1-7(6-9)5-8(2,3)10-4/h7H,5H2,1-4H3/t7-/m0/s1. The molecule has 0 unspecified atom stereocenters. The predicted octanol–water partition coefficient (Wildman–Crippen LogP) is 1.96. The van der Waals surface area contributed by atoms with Crippen molar-refractivity contribution in [3.63, 3.8) is 0 Å². The summed E-state index contributed by atoms with van der Waals surface area (Å²) in [6, 6.07) is 2.18. The zero-order valence-electron chi connectivity index (χ0n) is 7.14. The number of hydrogen-bond donors (Lipinski definition) is 0. The Morgan fingerprint density at radius 1 is 1.60 bits per heavy atom. The Labute approximate surface area is 62.8 Å². The van der Waals surface area contributed by atoms with Crippen LogP contribution in [0.3, 0.4) is 0 Å². The number of nitriles is 1. The smallest absolute Gasteiger partial charge is 0.0653 e. The normalized spacial score (nSPS) is 14.3. The van der Waals surface area contributed by atoms with Crippen LogP contribution in [0.25, 0.3) is 0 Å². The molecule has 2 heteroatoms. The zero-order chi connectivity index (χ0) is 8.20. The fourth-order valence-corrected chi connectivity index (χ4v) is 0.866. The summed E-state index contributed by atoms with van der Waals surface area (Å²) in [5, 5.41) is 8.49. The van der Waals surface area contributed by atoms with Gasteiger partial charge in [0.15, 0.2) is 0 Å². The van der Waals surface area contributed by atoms with Gasteiger partial charge in [0, 0.05) is 13.0 Å². The number of methoxy groups -OCH3 is 1. The summed E-state index contributed by atoms with van der Waals surface area (Å²) in [7, 11) is 1.67. The van der Waals surface area contributed by atoms with Gasteiger partial charge in [0.05, 0.1) is 11.7 Å². The van der Waals surface area contributed by atoms with Crippen LogP contribution in [0.15, 0.2) is 0 Å². The van der Waals surface area contributed by atoms with Gasteiger partial charge in [0.25, 0.3) is 0 Å². The average Bonchev–Trinajstić information content (AvgIpc) is 1.87. The molecule has 0 spiro atoms. The van der Waals surface area contributed by atoms with Crippen LogP contribution in [0.2, 0.25) is 0 Å². The Morgan fingerprint density at radius 3 is 2.40 bits per heavy atom. The average molecular weight is 141 g/mol. The van der Waals surface area contributed by atoms with Crippen molar-refractivity contribution >= 4 is 0 Å². The van der Waals surface area contributed by atoms with Crippen molar-refractivity contribution in [1.29, 1.82) is 5.26 Å². The summed E-state index contributed by atoms with van der Waals surface area (Å²) in [5.74, 6) is 0.0787. The first-order chi connectivity index (χ1) is 4.52. The SMILES string of the molecule is COC(C)(C)C[C@H](C)C#N. The highest BCUT2D eigenvalue weighted by molar-refractivity contribution is 4.84. The predicted molar refractivity (Wildman–Crippen MR) is 40.5 cm³/mol. The Kier molecular flexibility index (Phi) is 3.38. The molecule has 0 rings (SSSR count). The molecular formula is C8H15NO. The molecule has 10 heavy (non-hydrogen) atoms. The van der Waals surface area contributed by atoms with E-state index in [1.165, 1.54) is 0 Å². The molecular weight excluding hydrogens is 126 g/mol. The molecule has 0 saturated carbocycles. The fraction of sp³-hybridized carbons (Fsp3) is 0.875. The van der Waals surface area contributed by atoms with E-state index in [1.807, 2.05) is 20.8 Å². The number of hydrogen-bond acceptors (Lipinski definition) is 2. The summed E-state index contributed by atoms with van der Waals surface area (Å²) < 4.78 is 5.16. The first-order valence-electron chi connectivity index (χ1n) is 3.46. The van der Waals surface area contributed by atoms with Crippen LogP contribution in [0, 0.1) is 17.2 Å². The summed E-state index contributed by atoms with van der Waals surface area (Å²) in [6.07, 6.45) is 0.792. The second-order valence-electron chi connectivity index (χ2n) is 3.20. The third-order valence-corrected chi connectivity index (χ3v) is 1.57. The molecule has 0 saturated heterocycles. The summed E-state index contributed by atoms with van der Waals surface area (Å²) in [4.78, 5) is 0. The van der Waals surface area contributed by atoms with Gasteiger partial charge in [-0.05, 0) is 27.2 Å². The lowest BCUT2D eigenvalue weighted by Crippen LogP contribution is -2.24. The number of nitrogens with zero attached hydrogens (tertiary/aromatic N) is 1. The van der Waals surface area contributed by atoms with Crippen LogP contribution in [0.1, 0.15) is 27.2 Å². The van der Waals surface area contributed by atoms with Crippen molar-refractivity contribution in [3.05, 3.63) is 0 Å².